The zero-order valence-electron chi connectivity index (χ0n) is 12.3. The van der Waals surface area contributed by atoms with Gasteiger partial charge in [-0.2, -0.15) is 0 Å². The Morgan fingerprint density at radius 3 is 2.71 bits per heavy atom. The molecule has 0 aliphatic rings. The Balaban J connectivity index is 2.07. The predicted octanol–water partition coefficient (Wildman–Crippen LogP) is 3.82. The fraction of sp³-hybridized carbons (Fsp3) is 0.294. The van der Waals surface area contributed by atoms with Crippen LogP contribution in [0.3, 0.4) is 0 Å². The normalized spacial score (nSPS) is 11.4. The van der Waals surface area contributed by atoms with E-state index in [0.29, 0.717) is 17.9 Å². The van der Waals surface area contributed by atoms with E-state index in [9.17, 15) is 4.39 Å². The lowest BCUT2D eigenvalue weighted by molar-refractivity contribution is 0.516. The molecule has 3 aromatic rings. The maximum absolute atomic E-state index is 13.9. The van der Waals surface area contributed by atoms with Crippen LogP contribution in [-0.4, -0.2) is 14.5 Å². The summed E-state index contributed by atoms with van der Waals surface area (Å²) in [4.78, 5) is 9.06. The van der Waals surface area contributed by atoms with Gasteiger partial charge in [-0.25, -0.2) is 14.4 Å². The molecule has 0 aliphatic heterocycles. The molecule has 108 valence electrons. The largest absolute Gasteiger partial charge is 0.312 e. The van der Waals surface area contributed by atoms with Crippen LogP contribution in [0.25, 0.3) is 11.2 Å². The minimum atomic E-state index is -0.186. The second-order valence-corrected chi connectivity index (χ2v) is 5.65. The number of benzene rings is 1. The van der Waals surface area contributed by atoms with E-state index in [1.54, 1.807) is 12.3 Å². The van der Waals surface area contributed by atoms with Gasteiger partial charge in [-0.1, -0.05) is 32.0 Å². The molecule has 0 saturated carbocycles. The molecule has 0 unspecified atom stereocenters. The third-order valence-electron chi connectivity index (χ3n) is 3.44. The van der Waals surface area contributed by atoms with Gasteiger partial charge in [0.1, 0.15) is 17.2 Å². The molecular weight excluding hydrogens is 265 g/mol. The third kappa shape index (κ3) is 2.79. The second kappa shape index (κ2) is 5.64. The van der Waals surface area contributed by atoms with Crippen molar-refractivity contribution in [3.05, 3.63) is 59.8 Å². The molecule has 0 fully saturated rings. The van der Waals surface area contributed by atoms with Crippen LogP contribution in [0.4, 0.5) is 4.39 Å². The fourth-order valence-corrected chi connectivity index (χ4v) is 2.51. The van der Waals surface area contributed by atoms with E-state index in [1.165, 1.54) is 6.07 Å². The molecule has 3 nitrogen and oxygen atoms in total. The molecule has 1 aromatic carbocycles. The summed E-state index contributed by atoms with van der Waals surface area (Å²) in [6.45, 7) is 5.14. The van der Waals surface area contributed by atoms with Crippen LogP contribution in [0.2, 0.25) is 0 Å². The van der Waals surface area contributed by atoms with Crippen LogP contribution in [0.1, 0.15) is 25.2 Å². The Hall–Kier alpha value is -2.23. The van der Waals surface area contributed by atoms with Crippen LogP contribution in [-0.2, 0) is 13.0 Å². The number of hydrogen-bond acceptors (Lipinski definition) is 2. The maximum Gasteiger partial charge on any atom is 0.160 e. The summed E-state index contributed by atoms with van der Waals surface area (Å²) in [6, 6.07) is 10.7. The molecule has 0 saturated heterocycles. The number of fused-ring (bicyclic) bond motifs is 1. The van der Waals surface area contributed by atoms with E-state index in [-0.39, 0.29) is 5.82 Å². The summed E-state index contributed by atoms with van der Waals surface area (Å²) in [7, 11) is 0. The van der Waals surface area contributed by atoms with Gasteiger partial charge in [0.2, 0.25) is 0 Å². The highest BCUT2D eigenvalue weighted by Crippen LogP contribution is 2.19. The summed E-state index contributed by atoms with van der Waals surface area (Å²) in [6.07, 6.45) is 2.25. The van der Waals surface area contributed by atoms with Crippen molar-refractivity contribution in [1.82, 2.24) is 14.5 Å². The fourth-order valence-electron chi connectivity index (χ4n) is 2.51. The topological polar surface area (TPSA) is 30.7 Å². The lowest BCUT2D eigenvalue weighted by atomic mass is 10.1. The van der Waals surface area contributed by atoms with Gasteiger partial charge in [-0.15, -0.1) is 0 Å². The average Bonchev–Trinajstić information content (AvgIpc) is 2.79. The summed E-state index contributed by atoms with van der Waals surface area (Å²) < 4.78 is 16.0. The van der Waals surface area contributed by atoms with Crippen molar-refractivity contribution in [2.45, 2.75) is 26.8 Å². The number of rotatable bonds is 4. The number of hydrogen-bond donors (Lipinski definition) is 0. The molecule has 21 heavy (non-hydrogen) atoms. The molecule has 0 radical (unpaired) electrons. The first-order chi connectivity index (χ1) is 10.1. The number of halogens is 1. The Morgan fingerprint density at radius 2 is 1.95 bits per heavy atom. The smallest absolute Gasteiger partial charge is 0.160 e. The van der Waals surface area contributed by atoms with Gasteiger partial charge in [0, 0.05) is 19.2 Å². The minimum Gasteiger partial charge on any atom is -0.312 e. The van der Waals surface area contributed by atoms with Crippen molar-refractivity contribution >= 4 is 11.2 Å². The number of nitrogens with zero attached hydrogens (tertiary/aromatic N) is 3. The van der Waals surface area contributed by atoms with E-state index in [1.807, 2.05) is 24.3 Å². The lowest BCUT2D eigenvalue weighted by Gasteiger charge is -2.11. The molecule has 4 heteroatoms. The van der Waals surface area contributed by atoms with Crippen LogP contribution in [0, 0.1) is 11.7 Å². The summed E-state index contributed by atoms with van der Waals surface area (Å²) in [5.41, 5.74) is 2.40. The van der Waals surface area contributed by atoms with E-state index in [4.69, 9.17) is 0 Å². The molecule has 0 aliphatic carbocycles. The second-order valence-electron chi connectivity index (χ2n) is 5.65. The number of aromatic nitrogens is 3. The molecule has 0 bridgehead atoms. The zero-order chi connectivity index (χ0) is 14.8. The number of pyridine rings is 1. The molecular formula is C17H18FN3. The van der Waals surface area contributed by atoms with Crippen molar-refractivity contribution in [1.29, 1.82) is 0 Å². The lowest BCUT2D eigenvalue weighted by Crippen LogP contribution is -2.10. The van der Waals surface area contributed by atoms with Gasteiger partial charge in [0.15, 0.2) is 5.65 Å². The van der Waals surface area contributed by atoms with Crippen molar-refractivity contribution in [3.63, 3.8) is 0 Å². The predicted molar refractivity (Wildman–Crippen MR) is 81.6 cm³/mol. The van der Waals surface area contributed by atoms with Crippen LogP contribution < -0.4 is 0 Å². The van der Waals surface area contributed by atoms with Gasteiger partial charge in [-0.3, -0.25) is 0 Å². The first-order valence-corrected chi connectivity index (χ1v) is 7.18. The van der Waals surface area contributed by atoms with E-state index >= 15 is 0 Å². The van der Waals surface area contributed by atoms with Gasteiger partial charge in [-0.05, 0) is 29.7 Å². The third-order valence-corrected chi connectivity index (χ3v) is 3.44. The zero-order valence-corrected chi connectivity index (χ0v) is 12.3. The van der Waals surface area contributed by atoms with Gasteiger partial charge in [0.05, 0.1) is 0 Å². The molecule has 2 heterocycles. The van der Waals surface area contributed by atoms with Crippen LogP contribution >= 0.6 is 0 Å². The molecule has 0 spiro atoms. The SMILES string of the molecule is CC(C)Cn1c(Cc2ccccc2F)nc2cccnc21. The first kappa shape index (κ1) is 13.7. The van der Waals surface area contributed by atoms with Gasteiger partial charge >= 0.3 is 0 Å². The highest BCUT2D eigenvalue weighted by Gasteiger charge is 2.14. The van der Waals surface area contributed by atoms with Crippen molar-refractivity contribution in [3.8, 4) is 0 Å². The van der Waals surface area contributed by atoms with E-state index in [2.05, 4.69) is 28.4 Å². The average molecular weight is 283 g/mol. The Bertz CT molecular complexity index is 762. The van der Waals surface area contributed by atoms with Crippen molar-refractivity contribution in [2.75, 3.05) is 0 Å². The van der Waals surface area contributed by atoms with Crippen molar-refractivity contribution < 1.29 is 4.39 Å². The Morgan fingerprint density at radius 1 is 1.14 bits per heavy atom. The van der Waals surface area contributed by atoms with Crippen molar-refractivity contribution in [2.24, 2.45) is 5.92 Å². The first-order valence-electron chi connectivity index (χ1n) is 7.18. The number of imidazole rings is 1. The summed E-state index contributed by atoms with van der Waals surface area (Å²) >= 11 is 0. The summed E-state index contributed by atoms with van der Waals surface area (Å²) in [5, 5.41) is 0. The Kier molecular flexibility index (Phi) is 3.69. The van der Waals surface area contributed by atoms with E-state index < -0.39 is 0 Å². The van der Waals surface area contributed by atoms with Gasteiger partial charge in [0.25, 0.3) is 0 Å². The molecule has 2 aromatic heterocycles. The standard InChI is InChI=1S/C17H18FN3/c1-12(2)11-21-16(10-13-6-3-4-7-14(13)18)20-15-8-5-9-19-17(15)21/h3-9,12H,10-11H2,1-2H3. The maximum atomic E-state index is 13.9. The van der Waals surface area contributed by atoms with E-state index in [0.717, 1.165) is 23.5 Å². The quantitative estimate of drug-likeness (QED) is 0.729. The van der Waals surface area contributed by atoms with Crippen LogP contribution in [0.15, 0.2) is 42.6 Å². The minimum absolute atomic E-state index is 0.186. The van der Waals surface area contributed by atoms with Crippen LogP contribution in [0.5, 0.6) is 0 Å². The highest BCUT2D eigenvalue weighted by atomic mass is 19.1. The molecule has 3 rings (SSSR count). The molecule has 0 amide bonds. The molecule has 0 atom stereocenters. The molecule has 0 N–H and O–H groups in total. The summed E-state index contributed by atoms with van der Waals surface area (Å²) in [5.74, 6) is 1.15. The highest BCUT2D eigenvalue weighted by molar-refractivity contribution is 5.71. The monoisotopic (exact) mass is 283 g/mol. The Labute approximate surface area is 123 Å². The van der Waals surface area contributed by atoms with Gasteiger partial charge < -0.3 is 4.57 Å².